The lowest BCUT2D eigenvalue weighted by molar-refractivity contribution is 0.242. The summed E-state index contributed by atoms with van der Waals surface area (Å²) in [6, 6.07) is 1.34. The Hall–Kier alpha value is -0.900. The Morgan fingerprint density at radius 3 is 2.75 bits per heavy atom. The summed E-state index contributed by atoms with van der Waals surface area (Å²) in [6.45, 7) is 4.30. The largest absolute Gasteiger partial charge is 0.356 e. The van der Waals surface area contributed by atoms with E-state index in [4.69, 9.17) is 0 Å². The average Bonchev–Trinajstić information content (AvgIpc) is 3.40. The van der Waals surface area contributed by atoms with Gasteiger partial charge in [-0.25, -0.2) is 0 Å². The quantitative estimate of drug-likeness (QED) is 0.369. The smallest absolute Gasteiger partial charge is 0.191 e. The number of likely N-dealkylation sites (tertiary alicyclic amines) is 1. The zero-order valence-electron chi connectivity index (χ0n) is 17.2. The lowest BCUT2D eigenvalue weighted by Crippen LogP contribution is -2.45. The number of aromatic nitrogens is 3. The van der Waals surface area contributed by atoms with Crippen LogP contribution in [0, 0.1) is 0 Å². The number of fused-ring (bicyclic) bond motifs is 1. The van der Waals surface area contributed by atoms with Crippen molar-refractivity contribution in [2.24, 2.45) is 4.99 Å². The molecule has 158 valence electrons. The molecule has 3 heterocycles. The molecule has 1 aliphatic carbocycles. The van der Waals surface area contributed by atoms with Crippen LogP contribution in [0.5, 0.6) is 0 Å². The minimum Gasteiger partial charge on any atom is -0.356 e. The first kappa shape index (κ1) is 21.8. The maximum Gasteiger partial charge on any atom is 0.191 e. The SMILES string of the molecule is CN=C(NCCc1nnc2n1CCCCC2)NC1CCN(C2CCCC2)C1.I. The van der Waals surface area contributed by atoms with E-state index in [1.165, 1.54) is 63.7 Å². The highest BCUT2D eigenvalue weighted by atomic mass is 127. The minimum absolute atomic E-state index is 0. The van der Waals surface area contributed by atoms with Gasteiger partial charge in [-0.1, -0.05) is 19.3 Å². The van der Waals surface area contributed by atoms with Gasteiger partial charge in [-0.2, -0.15) is 0 Å². The highest BCUT2D eigenvalue weighted by Gasteiger charge is 2.30. The number of aryl methyl sites for hydroxylation is 1. The molecule has 1 aromatic rings. The molecule has 1 saturated heterocycles. The van der Waals surface area contributed by atoms with Crippen LogP contribution in [-0.2, 0) is 19.4 Å². The third-order valence-corrected chi connectivity index (χ3v) is 6.45. The van der Waals surface area contributed by atoms with E-state index < -0.39 is 0 Å². The van der Waals surface area contributed by atoms with E-state index in [-0.39, 0.29) is 24.0 Å². The van der Waals surface area contributed by atoms with Crippen molar-refractivity contribution >= 4 is 29.9 Å². The Kier molecular flexibility index (Phi) is 8.37. The van der Waals surface area contributed by atoms with Crippen molar-refractivity contribution in [3.05, 3.63) is 11.6 Å². The van der Waals surface area contributed by atoms with Crippen molar-refractivity contribution in [1.82, 2.24) is 30.3 Å². The maximum atomic E-state index is 4.43. The van der Waals surface area contributed by atoms with Gasteiger partial charge in [-0.15, -0.1) is 34.2 Å². The van der Waals surface area contributed by atoms with Gasteiger partial charge < -0.3 is 15.2 Å². The lowest BCUT2D eigenvalue weighted by Gasteiger charge is -2.24. The number of nitrogens with zero attached hydrogens (tertiary/aromatic N) is 5. The van der Waals surface area contributed by atoms with Gasteiger partial charge >= 0.3 is 0 Å². The highest BCUT2D eigenvalue weighted by Crippen LogP contribution is 2.26. The Morgan fingerprint density at radius 2 is 1.93 bits per heavy atom. The molecule has 2 aliphatic heterocycles. The average molecular weight is 501 g/mol. The van der Waals surface area contributed by atoms with Crippen LogP contribution >= 0.6 is 24.0 Å². The summed E-state index contributed by atoms with van der Waals surface area (Å²) in [4.78, 5) is 7.11. The molecular weight excluding hydrogens is 465 g/mol. The van der Waals surface area contributed by atoms with Crippen molar-refractivity contribution in [2.45, 2.75) is 82.8 Å². The molecular formula is C20H36IN7. The maximum absolute atomic E-state index is 4.43. The Morgan fingerprint density at radius 1 is 1.07 bits per heavy atom. The molecule has 2 N–H and O–H groups in total. The number of aliphatic imine (C=N–C) groups is 1. The third kappa shape index (κ3) is 5.37. The van der Waals surface area contributed by atoms with Crippen LogP contribution in [0.2, 0.25) is 0 Å². The molecule has 2 fully saturated rings. The van der Waals surface area contributed by atoms with E-state index in [0.717, 1.165) is 50.3 Å². The van der Waals surface area contributed by atoms with E-state index in [1.54, 1.807) is 0 Å². The molecule has 4 rings (SSSR count). The lowest BCUT2D eigenvalue weighted by atomic mass is 10.2. The van der Waals surface area contributed by atoms with E-state index in [9.17, 15) is 0 Å². The second-order valence-electron chi connectivity index (χ2n) is 8.31. The molecule has 1 saturated carbocycles. The number of rotatable bonds is 5. The van der Waals surface area contributed by atoms with Crippen LogP contribution in [0.3, 0.4) is 0 Å². The molecule has 0 radical (unpaired) electrons. The standard InChI is InChI=1S/C20H35N7.HI/c1-21-20(23-16-11-14-26(15-16)17-7-4-5-8-17)22-12-10-19-25-24-18-9-3-2-6-13-27(18)19;/h16-17H,2-15H2,1H3,(H2,21,22,23);1H. The van der Waals surface area contributed by atoms with Gasteiger partial charge in [0.2, 0.25) is 0 Å². The van der Waals surface area contributed by atoms with Crippen molar-refractivity contribution in [3.8, 4) is 0 Å². The fourth-order valence-electron chi connectivity index (χ4n) is 4.92. The molecule has 0 amide bonds. The van der Waals surface area contributed by atoms with E-state index >= 15 is 0 Å². The van der Waals surface area contributed by atoms with Crippen molar-refractivity contribution in [1.29, 1.82) is 0 Å². The number of hydrogen-bond acceptors (Lipinski definition) is 4. The van der Waals surface area contributed by atoms with Crippen LogP contribution in [-0.4, -0.2) is 64.4 Å². The first-order valence-corrected chi connectivity index (χ1v) is 11.0. The zero-order valence-corrected chi connectivity index (χ0v) is 19.5. The molecule has 8 heteroatoms. The molecule has 3 aliphatic rings. The van der Waals surface area contributed by atoms with Crippen molar-refractivity contribution in [3.63, 3.8) is 0 Å². The van der Waals surface area contributed by atoms with Gasteiger partial charge in [0.15, 0.2) is 5.96 Å². The van der Waals surface area contributed by atoms with E-state index in [1.807, 2.05) is 7.05 Å². The van der Waals surface area contributed by atoms with Gasteiger partial charge in [0.05, 0.1) is 0 Å². The summed E-state index contributed by atoms with van der Waals surface area (Å²) >= 11 is 0. The predicted octanol–water partition coefficient (Wildman–Crippen LogP) is 2.35. The Balaban J connectivity index is 0.00000225. The van der Waals surface area contributed by atoms with E-state index in [0.29, 0.717) is 6.04 Å². The fraction of sp³-hybridized carbons (Fsp3) is 0.850. The summed E-state index contributed by atoms with van der Waals surface area (Å²) < 4.78 is 2.33. The van der Waals surface area contributed by atoms with Gasteiger partial charge in [0, 0.05) is 58.2 Å². The summed E-state index contributed by atoms with van der Waals surface area (Å²) in [5.41, 5.74) is 0. The predicted molar refractivity (Wildman–Crippen MR) is 123 cm³/mol. The van der Waals surface area contributed by atoms with Crippen LogP contribution < -0.4 is 10.6 Å². The molecule has 1 unspecified atom stereocenters. The Labute approximate surface area is 186 Å². The normalized spacial score (nSPS) is 23.9. The van der Waals surface area contributed by atoms with Crippen LogP contribution in [0.1, 0.15) is 63.0 Å². The number of nitrogens with one attached hydrogen (secondary N) is 2. The summed E-state index contributed by atoms with van der Waals surface area (Å²) in [7, 11) is 1.86. The molecule has 1 atom stereocenters. The molecule has 0 spiro atoms. The van der Waals surface area contributed by atoms with Gasteiger partial charge in [-0.05, 0) is 32.1 Å². The highest BCUT2D eigenvalue weighted by molar-refractivity contribution is 14.0. The van der Waals surface area contributed by atoms with Crippen LogP contribution in [0.4, 0.5) is 0 Å². The van der Waals surface area contributed by atoms with Crippen molar-refractivity contribution in [2.75, 3.05) is 26.7 Å². The number of guanidine groups is 1. The van der Waals surface area contributed by atoms with Gasteiger partial charge in [0.25, 0.3) is 0 Å². The van der Waals surface area contributed by atoms with Gasteiger partial charge in [-0.3, -0.25) is 9.89 Å². The van der Waals surface area contributed by atoms with E-state index in [2.05, 4.69) is 35.3 Å². The fourth-order valence-corrected chi connectivity index (χ4v) is 4.92. The van der Waals surface area contributed by atoms with Crippen molar-refractivity contribution < 1.29 is 0 Å². The molecule has 0 bridgehead atoms. The molecule has 28 heavy (non-hydrogen) atoms. The second-order valence-corrected chi connectivity index (χ2v) is 8.31. The minimum atomic E-state index is 0. The first-order chi connectivity index (χ1) is 13.3. The van der Waals surface area contributed by atoms with Crippen LogP contribution in [0.15, 0.2) is 4.99 Å². The monoisotopic (exact) mass is 501 g/mol. The topological polar surface area (TPSA) is 70.4 Å². The number of halogens is 1. The third-order valence-electron chi connectivity index (χ3n) is 6.45. The summed E-state index contributed by atoms with van der Waals surface area (Å²) in [5.74, 6) is 3.20. The Bertz CT molecular complexity index is 638. The van der Waals surface area contributed by atoms with Crippen LogP contribution in [0.25, 0.3) is 0 Å². The summed E-state index contributed by atoms with van der Waals surface area (Å²) in [5, 5.41) is 15.9. The molecule has 1 aromatic heterocycles. The second kappa shape index (κ2) is 10.8. The summed E-state index contributed by atoms with van der Waals surface area (Å²) in [6.07, 6.45) is 12.6. The first-order valence-electron chi connectivity index (χ1n) is 11.0. The molecule has 0 aromatic carbocycles. The molecule has 7 nitrogen and oxygen atoms in total. The van der Waals surface area contributed by atoms with Gasteiger partial charge in [0.1, 0.15) is 11.6 Å². The zero-order chi connectivity index (χ0) is 18.5. The number of hydrogen-bond donors (Lipinski definition) is 2.